The molecule has 0 saturated carbocycles. The van der Waals surface area contributed by atoms with Crippen LogP contribution in [0.25, 0.3) is 10.2 Å². The summed E-state index contributed by atoms with van der Waals surface area (Å²) >= 11 is 1.64. The fourth-order valence-electron chi connectivity index (χ4n) is 4.27. The third-order valence-corrected chi connectivity index (χ3v) is 7.58. The van der Waals surface area contributed by atoms with E-state index in [0.717, 1.165) is 40.9 Å². The molecule has 0 fully saturated rings. The molecule has 3 aromatic rings. The van der Waals surface area contributed by atoms with Crippen LogP contribution in [-0.2, 0) is 17.6 Å². The fraction of sp³-hybridized carbons (Fsp3) is 0.458. The third-order valence-electron chi connectivity index (χ3n) is 6.42. The first-order valence-corrected chi connectivity index (χ1v) is 11.4. The predicted octanol–water partition coefficient (Wildman–Crippen LogP) is 5.12. The zero-order valence-electron chi connectivity index (χ0n) is 18.3. The normalized spacial score (nSPS) is 17.6. The van der Waals surface area contributed by atoms with Crippen molar-refractivity contribution in [2.45, 2.75) is 59.9 Å². The molecule has 1 aromatic carbocycles. The molecular weight excluding hydrogens is 394 g/mol. The number of rotatable bonds is 3. The first-order chi connectivity index (χ1) is 14.2. The predicted molar refractivity (Wildman–Crippen MR) is 123 cm³/mol. The van der Waals surface area contributed by atoms with Gasteiger partial charge in [-0.05, 0) is 61.6 Å². The summed E-state index contributed by atoms with van der Waals surface area (Å²) in [5.74, 6) is 0.392. The van der Waals surface area contributed by atoms with E-state index in [-0.39, 0.29) is 16.9 Å². The lowest BCUT2D eigenvalue weighted by atomic mass is 9.72. The van der Waals surface area contributed by atoms with Crippen LogP contribution in [0, 0.1) is 18.3 Å². The van der Waals surface area contributed by atoms with Crippen molar-refractivity contribution in [2.75, 3.05) is 5.32 Å². The van der Waals surface area contributed by atoms with Gasteiger partial charge in [0, 0.05) is 10.6 Å². The van der Waals surface area contributed by atoms with Crippen LogP contribution in [0.3, 0.4) is 0 Å². The lowest BCUT2D eigenvalue weighted by Gasteiger charge is -2.33. The first kappa shape index (κ1) is 20.8. The van der Waals surface area contributed by atoms with E-state index in [2.05, 4.69) is 31.1 Å². The van der Waals surface area contributed by atoms with Gasteiger partial charge in [-0.2, -0.15) is 0 Å². The molecule has 6 heteroatoms. The summed E-state index contributed by atoms with van der Waals surface area (Å²) in [4.78, 5) is 32.8. The first-order valence-electron chi connectivity index (χ1n) is 10.5. The summed E-state index contributed by atoms with van der Waals surface area (Å²) in [7, 11) is 0. The molecule has 1 amide bonds. The molecule has 2 heterocycles. The highest BCUT2D eigenvalue weighted by atomic mass is 32.1. The van der Waals surface area contributed by atoms with E-state index in [1.807, 2.05) is 31.2 Å². The second-order valence-electron chi connectivity index (χ2n) is 9.43. The summed E-state index contributed by atoms with van der Waals surface area (Å²) in [6, 6.07) is 6.99. The monoisotopic (exact) mass is 423 g/mol. The van der Waals surface area contributed by atoms with E-state index in [9.17, 15) is 9.59 Å². The summed E-state index contributed by atoms with van der Waals surface area (Å²) in [5, 5.41) is 3.65. The average Bonchev–Trinajstić information content (AvgIpc) is 3.07. The number of anilines is 1. The van der Waals surface area contributed by atoms with Crippen LogP contribution in [0.1, 0.15) is 56.2 Å². The molecule has 4 rings (SSSR count). The van der Waals surface area contributed by atoms with Gasteiger partial charge in [0.25, 0.3) is 5.56 Å². The minimum Gasteiger partial charge on any atom is -0.324 e. The number of nitrogens with one attached hydrogen (secondary N) is 1. The highest BCUT2D eigenvalue weighted by molar-refractivity contribution is 7.18. The summed E-state index contributed by atoms with van der Waals surface area (Å²) < 4.78 is 1.47. The number of thiophene rings is 1. The van der Waals surface area contributed by atoms with Crippen molar-refractivity contribution in [3.8, 4) is 0 Å². The van der Waals surface area contributed by atoms with Crippen molar-refractivity contribution >= 4 is 33.1 Å². The van der Waals surface area contributed by atoms with E-state index in [4.69, 9.17) is 0 Å². The van der Waals surface area contributed by atoms with Crippen LogP contribution in [0.15, 0.2) is 35.4 Å². The van der Waals surface area contributed by atoms with E-state index >= 15 is 0 Å². The lowest BCUT2D eigenvalue weighted by Crippen LogP contribution is -2.32. The van der Waals surface area contributed by atoms with Crippen molar-refractivity contribution in [2.24, 2.45) is 11.3 Å². The van der Waals surface area contributed by atoms with Crippen LogP contribution in [0.4, 0.5) is 5.69 Å². The molecule has 30 heavy (non-hydrogen) atoms. The Balaban J connectivity index is 1.66. The molecule has 1 aliphatic carbocycles. The maximum Gasteiger partial charge on any atom is 0.263 e. The second-order valence-corrected chi connectivity index (χ2v) is 10.5. The Morgan fingerprint density at radius 3 is 2.73 bits per heavy atom. The van der Waals surface area contributed by atoms with Gasteiger partial charge in [0.2, 0.25) is 5.91 Å². The average molecular weight is 424 g/mol. The Morgan fingerprint density at radius 2 is 2.03 bits per heavy atom. The summed E-state index contributed by atoms with van der Waals surface area (Å²) in [5.41, 5.74) is 3.04. The van der Waals surface area contributed by atoms with E-state index in [1.165, 1.54) is 15.8 Å². The number of aromatic nitrogens is 2. The van der Waals surface area contributed by atoms with Gasteiger partial charge in [0.15, 0.2) is 0 Å². The van der Waals surface area contributed by atoms with Crippen LogP contribution < -0.4 is 10.9 Å². The van der Waals surface area contributed by atoms with E-state index in [0.29, 0.717) is 11.3 Å². The Morgan fingerprint density at radius 1 is 1.30 bits per heavy atom. The maximum absolute atomic E-state index is 13.4. The number of carbonyl (C=O) groups is 1. The number of hydrogen-bond donors (Lipinski definition) is 1. The molecule has 0 aliphatic heterocycles. The highest BCUT2D eigenvalue weighted by Gasteiger charge is 2.32. The Kier molecular flexibility index (Phi) is 5.30. The van der Waals surface area contributed by atoms with Crippen LogP contribution in [0.5, 0.6) is 0 Å². The number of carbonyl (C=O) groups excluding carboxylic acids is 1. The molecule has 1 aliphatic rings. The van der Waals surface area contributed by atoms with Gasteiger partial charge in [-0.1, -0.05) is 39.0 Å². The van der Waals surface area contributed by atoms with Gasteiger partial charge in [-0.15, -0.1) is 11.3 Å². The smallest absolute Gasteiger partial charge is 0.263 e. The zero-order valence-corrected chi connectivity index (χ0v) is 19.1. The Bertz CT molecular complexity index is 1170. The number of amides is 1. The molecule has 0 unspecified atom stereocenters. The van der Waals surface area contributed by atoms with E-state index in [1.54, 1.807) is 18.3 Å². The minimum atomic E-state index is -0.643. The molecule has 2 aromatic heterocycles. The Labute approximate surface area is 181 Å². The molecule has 1 N–H and O–H groups in total. The molecular formula is C24H29N3O2S. The minimum absolute atomic E-state index is 0.112. The summed E-state index contributed by atoms with van der Waals surface area (Å²) in [6.07, 6.45) is 4.51. The summed E-state index contributed by atoms with van der Waals surface area (Å²) in [6.45, 7) is 10.6. The fourth-order valence-corrected chi connectivity index (χ4v) is 5.53. The van der Waals surface area contributed by atoms with Gasteiger partial charge >= 0.3 is 0 Å². The largest absolute Gasteiger partial charge is 0.324 e. The third kappa shape index (κ3) is 3.69. The SMILES string of the molecule is Cc1ccccc1NC(=O)[C@@H](C)n1cnc2sc3c(c2c1=O)CC[C@@H](C(C)(C)C)C3. The number of aryl methyl sites for hydroxylation is 2. The van der Waals surface area contributed by atoms with Crippen molar-refractivity contribution in [3.05, 3.63) is 57.0 Å². The van der Waals surface area contributed by atoms with Crippen molar-refractivity contribution in [1.29, 1.82) is 0 Å². The Hall–Kier alpha value is -2.47. The highest BCUT2D eigenvalue weighted by Crippen LogP contribution is 2.42. The topological polar surface area (TPSA) is 64.0 Å². The van der Waals surface area contributed by atoms with Crippen LogP contribution >= 0.6 is 11.3 Å². The maximum atomic E-state index is 13.4. The number of hydrogen-bond acceptors (Lipinski definition) is 4. The molecule has 0 saturated heterocycles. The molecule has 0 spiro atoms. The van der Waals surface area contributed by atoms with Gasteiger partial charge in [0.05, 0.1) is 11.7 Å². The molecule has 5 nitrogen and oxygen atoms in total. The molecule has 2 atom stereocenters. The van der Waals surface area contributed by atoms with Gasteiger partial charge in [-0.3, -0.25) is 14.2 Å². The second kappa shape index (κ2) is 7.65. The molecule has 0 radical (unpaired) electrons. The molecule has 158 valence electrons. The van der Waals surface area contributed by atoms with Crippen LogP contribution in [0.2, 0.25) is 0 Å². The van der Waals surface area contributed by atoms with Crippen molar-refractivity contribution < 1.29 is 4.79 Å². The van der Waals surface area contributed by atoms with Gasteiger partial charge < -0.3 is 5.32 Å². The number of nitrogens with zero attached hydrogens (tertiary/aromatic N) is 2. The number of para-hydroxylation sites is 1. The molecule has 0 bridgehead atoms. The quantitative estimate of drug-likeness (QED) is 0.636. The number of benzene rings is 1. The standard InChI is InChI=1S/C24H29N3O2S/c1-14-8-6-7-9-18(14)26-21(28)15(2)27-13-25-22-20(23(27)29)17-11-10-16(24(3,4)5)12-19(17)30-22/h6-9,13,15-16H,10-12H2,1-5H3,(H,26,28)/t15-,16-/m1/s1. The van der Waals surface area contributed by atoms with Crippen molar-refractivity contribution in [3.63, 3.8) is 0 Å². The van der Waals surface area contributed by atoms with Crippen LogP contribution in [-0.4, -0.2) is 15.5 Å². The van der Waals surface area contributed by atoms with Gasteiger partial charge in [-0.25, -0.2) is 4.98 Å². The zero-order chi connectivity index (χ0) is 21.6. The van der Waals surface area contributed by atoms with Gasteiger partial charge in [0.1, 0.15) is 10.9 Å². The van der Waals surface area contributed by atoms with E-state index < -0.39 is 6.04 Å². The number of fused-ring (bicyclic) bond motifs is 3. The lowest BCUT2D eigenvalue weighted by molar-refractivity contribution is -0.118. The van der Waals surface area contributed by atoms with Crippen molar-refractivity contribution in [1.82, 2.24) is 9.55 Å².